The lowest BCUT2D eigenvalue weighted by atomic mass is 9.91. The molecule has 1 heterocycles. The van der Waals surface area contributed by atoms with Crippen LogP contribution in [-0.2, 0) is 12.8 Å². The molecule has 100 valence electrons. The van der Waals surface area contributed by atoms with Crippen molar-refractivity contribution >= 4 is 21.4 Å². The first-order valence-electron chi connectivity index (χ1n) is 7.11. The van der Waals surface area contributed by atoms with Gasteiger partial charge in [0, 0.05) is 10.7 Å². The molecule has 1 nitrogen and oxygen atoms in total. The first-order valence-corrected chi connectivity index (χ1v) is 7.99. The number of thiophene rings is 1. The predicted octanol–water partition coefficient (Wildman–Crippen LogP) is 4.32. The van der Waals surface area contributed by atoms with Crippen LogP contribution in [0.1, 0.15) is 22.7 Å². The lowest BCUT2D eigenvalue weighted by Crippen LogP contribution is -2.21. The molecule has 20 heavy (non-hydrogen) atoms. The summed E-state index contributed by atoms with van der Waals surface area (Å²) in [4.78, 5) is 0. The highest BCUT2D eigenvalue weighted by Crippen LogP contribution is 2.38. The van der Waals surface area contributed by atoms with Crippen molar-refractivity contribution in [2.75, 3.05) is 0 Å². The maximum absolute atomic E-state index is 6.60. The van der Waals surface area contributed by atoms with Gasteiger partial charge in [-0.3, -0.25) is 0 Å². The molecule has 2 N–H and O–H groups in total. The Morgan fingerprint density at radius 2 is 1.60 bits per heavy atom. The van der Waals surface area contributed by atoms with Crippen molar-refractivity contribution in [2.45, 2.75) is 18.9 Å². The van der Waals surface area contributed by atoms with E-state index in [-0.39, 0.29) is 6.04 Å². The van der Waals surface area contributed by atoms with Crippen LogP contribution in [-0.4, -0.2) is 0 Å². The lowest BCUT2D eigenvalue weighted by Gasteiger charge is -2.18. The van der Waals surface area contributed by atoms with Crippen LogP contribution in [0.4, 0.5) is 0 Å². The van der Waals surface area contributed by atoms with Crippen molar-refractivity contribution in [3.63, 3.8) is 0 Å². The zero-order valence-corrected chi connectivity index (χ0v) is 12.1. The van der Waals surface area contributed by atoms with Crippen LogP contribution >= 0.6 is 11.3 Å². The molecule has 1 atom stereocenters. The van der Waals surface area contributed by atoms with Gasteiger partial charge in [-0.05, 0) is 52.3 Å². The van der Waals surface area contributed by atoms with E-state index in [1.807, 2.05) is 0 Å². The molecule has 0 spiro atoms. The molecular weight excluding hydrogens is 262 g/mol. The van der Waals surface area contributed by atoms with E-state index in [0.717, 1.165) is 12.8 Å². The summed E-state index contributed by atoms with van der Waals surface area (Å²) in [6, 6.07) is 17.5. The Balaban J connectivity index is 1.67. The summed E-state index contributed by atoms with van der Waals surface area (Å²) in [5.41, 5.74) is 10.9. The molecule has 2 heteroatoms. The molecule has 1 aromatic heterocycles. The first kappa shape index (κ1) is 12.1. The highest BCUT2D eigenvalue weighted by molar-refractivity contribution is 7.17. The Labute approximate surface area is 123 Å². The van der Waals surface area contributed by atoms with Gasteiger partial charge in [-0.1, -0.05) is 42.5 Å². The molecule has 0 radical (unpaired) electrons. The number of rotatable bonds is 2. The average molecular weight is 279 g/mol. The second-order valence-corrected chi connectivity index (χ2v) is 6.56. The Kier molecular flexibility index (Phi) is 2.86. The molecule has 0 bridgehead atoms. The normalized spacial score (nSPS) is 16.4. The minimum Gasteiger partial charge on any atom is -0.324 e. The molecule has 0 saturated carbocycles. The summed E-state index contributed by atoms with van der Waals surface area (Å²) in [5, 5.41) is 3.58. The van der Waals surface area contributed by atoms with Gasteiger partial charge in [-0.25, -0.2) is 0 Å². The largest absolute Gasteiger partial charge is 0.324 e. The van der Waals surface area contributed by atoms with Crippen LogP contribution in [0.15, 0.2) is 53.9 Å². The van der Waals surface area contributed by atoms with E-state index in [0.29, 0.717) is 5.92 Å². The van der Waals surface area contributed by atoms with Gasteiger partial charge >= 0.3 is 0 Å². The molecule has 1 aliphatic carbocycles. The highest BCUT2D eigenvalue weighted by Gasteiger charge is 2.28. The van der Waals surface area contributed by atoms with Gasteiger partial charge in [0.25, 0.3) is 0 Å². The SMILES string of the molecule is NC(c1csc2ccccc12)C1Cc2ccccc2C1. The summed E-state index contributed by atoms with van der Waals surface area (Å²) in [5.74, 6) is 0.533. The zero-order chi connectivity index (χ0) is 13.5. The van der Waals surface area contributed by atoms with Crippen molar-refractivity contribution in [1.82, 2.24) is 0 Å². The molecule has 1 aliphatic rings. The molecule has 0 amide bonds. The van der Waals surface area contributed by atoms with Crippen molar-refractivity contribution in [2.24, 2.45) is 11.7 Å². The average Bonchev–Trinajstić information content (AvgIpc) is 3.10. The summed E-state index contributed by atoms with van der Waals surface area (Å²) >= 11 is 1.80. The van der Waals surface area contributed by atoms with Gasteiger partial charge in [0.05, 0.1) is 0 Å². The van der Waals surface area contributed by atoms with E-state index >= 15 is 0 Å². The van der Waals surface area contributed by atoms with Crippen LogP contribution < -0.4 is 5.73 Å². The van der Waals surface area contributed by atoms with E-state index < -0.39 is 0 Å². The topological polar surface area (TPSA) is 26.0 Å². The quantitative estimate of drug-likeness (QED) is 0.743. The van der Waals surface area contributed by atoms with E-state index in [1.54, 1.807) is 11.3 Å². The van der Waals surface area contributed by atoms with Crippen LogP contribution in [0.3, 0.4) is 0 Å². The standard InChI is InChI=1S/C18H17NS/c19-18(14-9-12-5-1-2-6-13(12)10-14)16-11-20-17-8-4-3-7-15(16)17/h1-8,11,14,18H,9-10,19H2. The predicted molar refractivity (Wildman–Crippen MR) is 86.1 cm³/mol. The fraction of sp³-hybridized carbons (Fsp3) is 0.222. The maximum Gasteiger partial charge on any atom is 0.0346 e. The van der Waals surface area contributed by atoms with Gasteiger partial charge in [-0.2, -0.15) is 0 Å². The minimum absolute atomic E-state index is 0.138. The van der Waals surface area contributed by atoms with E-state index in [2.05, 4.69) is 53.9 Å². The first-order chi connectivity index (χ1) is 9.83. The second-order valence-electron chi connectivity index (χ2n) is 5.65. The van der Waals surface area contributed by atoms with E-state index in [1.165, 1.54) is 26.8 Å². The molecule has 3 aromatic rings. The summed E-state index contributed by atoms with van der Waals surface area (Å²) in [6.45, 7) is 0. The van der Waals surface area contributed by atoms with Crippen molar-refractivity contribution in [3.8, 4) is 0 Å². The number of benzene rings is 2. The third-order valence-electron chi connectivity index (χ3n) is 4.46. The van der Waals surface area contributed by atoms with Crippen LogP contribution in [0.5, 0.6) is 0 Å². The fourth-order valence-electron chi connectivity index (χ4n) is 3.36. The van der Waals surface area contributed by atoms with Gasteiger partial charge in [0.15, 0.2) is 0 Å². The molecular formula is C18H17NS. The molecule has 0 saturated heterocycles. The lowest BCUT2D eigenvalue weighted by molar-refractivity contribution is 0.457. The van der Waals surface area contributed by atoms with Crippen LogP contribution in [0.25, 0.3) is 10.1 Å². The Hall–Kier alpha value is -1.64. The third kappa shape index (κ3) is 1.88. The number of hydrogen-bond acceptors (Lipinski definition) is 2. The molecule has 0 fully saturated rings. The van der Waals surface area contributed by atoms with Crippen LogP contribution in [0.2, 0.25) is 0 Å². The third-order valence-corrected chi connectivity index (χ3v) is 5.44. The van der Waals surface area contributed by atoms with Gasteiger partial charge in [-0.15, -0.1) is 11.3 Å². The van der Waals surface area contributed by atoms with Crippen molar-refractivity contribution in [1.29, 1.82) is 0 Å². The fourth-order valence-corrected chi connectivity index (χ4v) is 4.37. The Morgan fingerprint density at radius 3 is 2.35 bits per heavy atom. The van der Waals surface area contributed by atoms with Crippen LogP contribution in [0, 0.1) is 5.92 Å². The summed E-state index contributed by atoms with van der Waals surface area (Å²) < 4.78 is 1.34. The molecule has 0 aliphatic heterocycles. The zero-order valence-electron chi connectivity index (χ0n) is 11.3. The Morgan fingerprint density at radius 1 is 0.950 bits per heavy atom. The van der Waals surface area contributed by atoms with Gasteiger partial charge in [0.2, 0.25) is 0 Å². The van der Waals surface area contributed by atoms with Gasteiger partial charge < -0.3 is 5.73 Å². The molecule has 2 aromatic carbocycles. The van der Waals surface area contributed by atoms with Crippen molar-refractivity contribution in [3.05, 3.63) is 70.6 Å². The smallest absolute Gasteiger partial charge is 0.0346 e. The maximum atomic E-state index is 6.60. The minimum atomic E-state index is 0.138. The van der Waals surface area contributed by atoms with E-state index in [4.69, 9.17) is 5.73 Å². The van der Waals surface area contributed by atoms with Crippen molar-refractivity contribution < 1.29 is 0 Å². The van der Waals surface area contributed by atoms with Gasteiger partial charge in [0.1, 0.15) is 0 Å². The Bertz CT molecular complexity index is 734. The summed E-state index contributed by atoms with van der Waals surface area (Å²) in [6.07, 6.45) is 2.23. The number of hydrogen-bond donors (Lipinski definition) is 1. The summed E-state index contributed by atoms with van der Waals surface area (Å²) in [7, 11) is 0. The monoisotopic (exact) mass is 279 g/mol. The number of fused-ring (bicyclic) bond motifs is 2. The molecule has 4 rings (SSSR count). The second kappa shape index (κ2) is 4.72. The highest BCUT2D eigenvalue weighted by atomic mass is 32.1. The number of nitrogens with two attached hydrogens (primary N) is 1. The van der Waals surface area contributed by atoms with E-state index in [9.17, 15) is 0 Å². The molecule has 1 unspecified atom stereocenters.